The molecule has 0 fully saturated rings. The van der Waals surface area contributed by atoms with Gasteiger partial charge in [-0.1, -0.05) is 42.5 Å². The molecule has 0 radical (unpaired) electrons. The predicted octanol–water partition coefficient (Wildman–Crippen LogP) is 5.03. The number of nitrogens with zero attached hydrogens (tertiary/aromatic N) is 3. The Labute approximate surface area is 152 Å². The average molecular weight is 346 g/mol. The monoisotopic (exact) mass is 346 g/mol. The van der Waals surface area contributed by atoms with Gasteiger partial charge in [-0.05, 0) is 32.4 Å². The summed E-state index contributed by atoms with van der Waals surface area (Å²) >= 11 is 0. The number of nitriles is 1. The van der Waals surface area contributed by atoms with Crippen LogP contribution in [0.5, 0.6) is 0 Å². The van der Waals surface area contributed by atoms with Crippen LogP contribution in [0, 0.1) is 17.1 Å². The Morgan fingerprint density at radius 3 is 2.35 bits per heavy atom. The van der Waals surface area contributed by atoms with Crippen molar-refractivity contribution in [2.45, 2.75) is 26.3 Å². The molecule has 3 rings (SSSR count). The van der Waals surface area contributed by atoms with Gasteiger partial charge < -0.3 is 5.32 Å². The van der Waals surface area contributed by atoms with E-state index in [1.807, 2.05) is 57.2 Å². The first-order valence-electron chi connectivity index (χ1n) is 8.28. The molecule has 0 saturated heterocycles. The minimum atomic E-state index is -0.416. The van der Waals surface area contributed by atoms with Crippen molar-refractivity contribution in [1.29, 1.82) is 5.26 Å². The summed E-state index contributed by atoms with van der Waals surface area (Å²) in [5, 5.41) is 12.6. The molecule has 2 aromatic carbocycles. The van der Waals surface area contributed by atoms with Gasteiger partial charge >= 0.3 is 0 Å². The Kier molecular flexibility index (Phi) is 4.68. The molecule has 0 amide bonds. The van der Waals surface area contributed by atoms with E-state index in [9.17, 15) is 5.26 Å². The Bertz CT molecular complexity index is 970. The van der Waals surface area contributed by atoms with Crippen LogP contribution in [0.25, 0.3) is 22.4 Å². The second-order valence-corrected chi connectivity index (χ2v) is 6.97. The van der Waals surface area contributed by atoms with Gasteiger partial charge in [-0.2, -0.15) is 5.26 Å². The molecule has 0 atom stereocenters. The summed E-state index contributed by atoms with van der Waals surface area (Å²) in [7, 11) is 0. The first-order valence-corrected chi connectivity index (χ1v) is 8.28. The summed E-state index contributed by atoms with van der Waals surface area (Å²) < 4.78 is 15.1. The summed E-state index contributed by atoms with van der Waals surface area (Å²) in [5.74, 6) is 0.0680. The summed E-state index contributed by atoms with van der Waals surface area (Å²) in [6.45, 7) is 5.95. The molecule has 1 N–H and O–H groups in total. The first-order chi connectivity index (χ1) is 12.4. The number of anilines is 1. The lowest BCUT2D eigenvalue weighted by atomic mass is 10.00. The van der Waals surface area contributed by atoms with Crippen molar-refractivity contribution in [3.05, 3.63) is 66.2 Å². The van der Waals surface area contributed by atoms with Gasteiger partial charge in [0.1, 0.15) is 23.4 Å². The largest absolute Gasteiger partial charge is 0.364 e. The van der Waals surface area contributed by atoms with Gasteiger partial charge in [-0.25, -0.2) is 14.4 Å². The van der Waals surface area contributed by atoms with Gasteiger partial charge in [-0.3, -0.25) is 0 Å². The molecular formula is C21H19FN4. The topological polar surface area (TPSA) is 61.6 Å². The Balaban J connectivity index is 2.09. The van der Waals surface area contributed by atoms with Crippen molar-refractivity contribution in [3.8, 4) is 28.5 Å². The minimum absolute atomic E-state index is 0.0864. The molecule has 4 nitrogen and oxygen atoms in total. The highest BCUT2D eigenvalue weighted by atomic mass is 19.1. The van der Waals surface area contributed by atoms with Crippen molar-refractivity contribution >= 4 is 5.82 Å². The van der Waals surface area contributed by atoms with Crippen molar-refractivity contribution in [2.24, 2.45) is 0 Å². The summed E-state index contributed by atoms with van der Waals surface area (Å²) in [6.07, 6.45) is 1.52. The number of hydrogen-bond acceptors (Lipinski definition) is 4. The van der Waals surface area contributed by atoms with E-state index in [0.717, 1.165) is 5.56 Å². The second-order valence-electron chi connectivity index (χ2n) is 6.97. The highest BCUT2D eigenvalue weighted by Crippen LogP contribution is 2.31. The smallest absolute Gasteiger partial charge is 0.169 e. The Morgan fingerprint density at radius 1 is 1.00 bits per heavy atom. The van der Waals surface area contributed by atoms with Crippen LogP contribution >= 0.6 is 0 Å². The van der Waals surface area contributed by atoms with Crippen molar-refractivity contribution < 1.29 is 4.39 Å². The summed E-state index contributed by atoms with van der Waals surface area (Å²) in [5.41, 5.74) is 1.60. The van der Waals surface area contributed by atoms with Crippen LogP contribution in [0.15, 0.2) is 54.7 Å². The van der Waals surface area contributed by atoms with Crippen molar-refractivity contribution in [3.63, 3.8) is 0 Å². The molecule has 0 spiro atoms. The first kappa shape index (κ1) is 17.6. The molecule has 3 aromatic rings. The lowest BCUT2D eigenvalue weighted by molar-refractivity contribution is 0.628. The van der Waals surface area contributed by atoms with Gasteiger partial charge in [0, 0.05) is 16.7 Å². The van der Waals surface area contributed by atoms with Gasteiger partial charge in [0.15, 0.2) is 5.69 Å². The molecule has 0 aliphatic rings. The molecule has 1 heterocycles. The minimum Gasteiger partial charge on any atom is -0.364 e. The fourth-order valence-electron chi connectivity index (χ4n) is 2.66. The molecule has 5 heteroatoms. The van der Waals surface area contributed by atoms with E-state index in [1.165, 1.54) is 6.20 Å². The van der Waals surface area contributed by atoms with E-state index in [2.05, 4.69) is 15.3 Å². The van der Waals surface area contributed by atoms with E-state index in [0.29, 0.717) is 11.4 Å². The van der Waals surface area contributed by atoms with Crippen LogP contribution in [0.4, 0.5) is 10.2 Å². The standard InChI is InChI=1S/C21H19FN4/c1-21(2,3)26-18-13-24-20(17(12-23)25-18)16-11-7-10-15(19(16)22)14-8-5-4-6-9-14/h4-11,13H,1-3H3,(H,25,26). The van der Waals surface area contributed by atoms with Gasteiger partial charge in [-0.15, -0.1) is 0 Å². The van der Waals surface area contributed by atoms with E-state index >= 15 is 4.39 Å². The van der Waals surface area contributed by atoms with E-state index < -0.39 is 5.82 Å². The van der Waals surface area contributed by atoms with Crippen LogP contribution in [-0.4, -0.2) is 15.5 Å². The molecule has 1 aromatic heterocycles. The molecule has 0 aliphatic carbocycles. The summed E-state index contributed by atoms with van der Waals surface area (Å²) in [6, 6.07) is 16.4. The second kappa shape index (κ2) is 6.93. The Hall–Kier alpha value is -3.26. The van der Waals surface area contributed by atoms with Crippen LogP contribution in [0.2, 0.25) is 0 Å². The van der Waals surface area contributed by atoms with E-state index in [1.54, 1.807) is 18.2 Å². The molecule has 0 saturated carbocycles. The number of benzene rings is 2. The molecule has 26 heavy (non-hydrogen) atoms. The van der Waals surface area contributed by atoms with Gasteiger partial charge in [0.25, 0.3) is 0 Å². The zero-order chi connectivity index (χ0) is 18.7. The van der Waals surface area contributed by atoms with Crippen LogP contribution in [-0.2, 0) is 0 Å². The number of nitrogens with one attached hydrogen (secondary N) is 1. The maximum atomic E-state index is 15.1. The molecule has 0 aliphatic heterocycles. The fourth-order valence-corrected chi connectivity index (χ4v) is 2.66. The third-order valence-corrected chi connectivity index (χ3v) is 3.72. The SMILES string of the molecule is CC(C)(C)Nc1cnc(-c2cccc(-c3ccccc3)c2F)c(C#N)n1. The Morgan fingerprint density at radius 2 is 1.69 bits per heavy atom. The third kappa shape index (κ3) is 3.70. The highest BCUT2D eigenvalue weighted by Gasteiger charge is 2.18. The number of hydrogen-bond donors (Lipinski definition) is 1. The van der Waals surface area contributed by atoms with Crippen LogP contribution < -0.4 is 5.32 Å². The maximum Gasteiger partial charge on any atom is 0.169 e. The predicted molar refractivity (Wildman–Crippen MR) is 101 cm³/mol. The highest BCUT2D eigenvalue weighted by molar-refractivity contribution is 5.74. The molecule has 130 valence electrons. The zero-order valence-corrected chi connectivity index (χ0v) is 14.9. The maximum absolute atomic E-state index is 15.1. The fraction of sp³-hybridized carbons (Fsp3) is 0.190. The molecule has 0 bridgehead atoms. The van der Waals surface area contributed by atoms with Crippen LogP contribution in [0.3, 0.4) is 0 Å². The van der Waals surface area contributed by atoms with Crippen molar-refractivity contribution in [2.75, 3.05) is 5.32 Å². The third-order valence-electron chi connectivity index (χ3n) is 3.72. The molecular weight excluding hydrogens is 327 g/mol. The average Bonchev–Trinajstić information content (AvgIpc) is 2.61. The molecule has 0 unspecified atom stereocenters. The van der Waals surface area contributed by atoms with Gasteiger partial charge in [0.05, 0.1) is 6.20 Å². The van der Waals surface area contributed by atoms with Gasteiger partial charge in [0.2, 0.25) is 0 Å². The lowest BCUT2D eigenvalue weighted by Crippen LogP contribution is -2.27. The van der Waals surface area contributed by atoms with Crippen molar-refractivity contribution in [1.82, 2.24) is 9.97 Å². The number of aromatic nitrogens is 2. The van der Waals surface area contributed by atoms with E-state index in [-0.39, 0.29) is 22.5 Å². The summed E-state index contributed by atoms with van der Waals surface area (Å²) in [4.78, 5) is 8.61. The van der Waals surface area contributed by atoms with E-state index in [4.69, 9.17) is 0 Å². The van der Waals surface area contributed by atoms with Crippen LogP contribution in [0.1, 0.15) is 26.5 Å². The zero-order valence-electron chi connectivity index (χ0n) is 14.9. The lowest BCUT2D eigenvalue weighted by Gasteiger charge is -2.21. The quantitative estimate of drug-likeness (QED) is 0.722. The number of rotatable bonds is 3. The number of halogens is 1. The normalized spacial score (nSPS) is 11.0.